The van der Waals surface area contributed by atoms with Crippen molar-refractivity contribution in [1.29, 1.82) is 0 Å². The van der Waals surface area contributed by atoms with Crippen molar-refractivity contribution in [2.45, 2.75) is 38.4 Å². The Kier molecular flexibility index (Phi) is 8.06. The van der Waals surface area contributed by atoms with E-state index in [-0.39, 0.29) is 0 Å². The van der Waals surface area contributed by atoms with E-state index in [9.17, 15) is 0 Å². The lowest BCUT2D eigenvalue weighted by Crippen LogP contribution is -2.44. The first-order valence-corrected chi connectivity index (χ1v) is 7.73. The maximum atomic E-state index is 5.61. The van der Waals surface area contributed by atoms with Crippen LogP contribution in [0.25, 0.3) is 0 Å². The van der Waals surface area contributed by atoms with Crippen LogP contribution in [0.2, 0.25) is 6.04 Å². The first-order valence-electron chi connectivity index (χ1n) is 5.14. The van der Waals surface area contributed by atoms with E-state index in [0.29, 0.717) is 12.3 Å². The first kappa shape index (κ1) is 14.5. The molecule has 0 aliphatic carbocycles. The van der Waals surface area contributed by atoms with Crippen LogP contribution >= 0.6 is 9.24 Å². The van der Waals surface area contributed by atoms with Gasteiger partial charge in [0.25, 0.3) is 0 Å². The van der Waals surface area contributed by atoms with Gasteiger partial charge in [-0.2, -0.15) is 0 Å². The van der Waals surface area contributed by atoms with E-state index in [0.717, 1.165) is 18.9 Å². The highest BCUT2D eigenvalue weighted by molar-refractivity contribution is 7.17. The fraction of sp³-hybridized carbons (Fsp3) is 1.00. The second-order valence-electron chi connectivity index (χ2n) is 3.23. The van der Waals surface area contributed by atoms with Crippen LogP contribution in [0.4, 0.5) is 0 Å². The van der Waals surface area contributed by atoms with Crippen LogP contribution in [0.15, 0.2) is 0 Å². The molecule has 86 valence electrons. The summed E-state index contributed by atoms with van der Waals surface area (Å²) in [7, 11) is 3.86. The first-order chi connectivity index (χ1) is 6.64. The third kappa shape index (κ3) is 4.85. The fourth-order valence-electron chi connectivity index (χ4n) is 1.26. The molecule has 0 aliphatic rings. The molecule has 0 bridgehead atoms. The molecule has 0 heterocycles. The van der Waals surface area contributed by atoms with Gasteiger partial charge in [-0.3, -0.25) is 0 Å². The summed E-state index contributed by atoms with van der Waals surface area (Å²) < 4.78 is 16.4. The third-order valence-electron chi connectivity index (χ3n) is 2.33. The largest absolute Gasteiger partial charge is 0.500 e. The van der Waals surface area contributed by atoms with Crippen molar-refractivity contribution in [3.63, 3.8) is 0 Å². The Labute approximate surface area is 91.1 Å². The van der Waals surface area contributed by atoms with E-state index in [1.54, 1.807) is 14.2 Å². The highest BCUT2D eigenvalue weighted by Gasteiger charge is 2.38. The molecule has 2 unspecified atom stereocenters. The summed E-state index contributed by atoms with van der Waals surface area (Å²) in [5, 5.41) is 0. The molecule has 0 rings (SSSR count). The Morgan fingerprint density at radius 3 is 2.14 bits per heavy atom. The average molecular weight is 238 g/mol. The summed E-state index contributed by atoms with van der Waals surface area (Å²) in [5.41, 5.74) is 0.632. The van der Waals surface area contributed by atoms with Crippen molar-refractivity contribution < 1.29 is 13.3 Å². The second kappa shape index (κ2) is 7.77. The van der Waals surface area contributed by atoms with Crippen molar-refractivity contribution in [2.24, 2.45) is 0 Å². The van der Waals surface area contributed by atoms with Gasteiger partial charge in [0.2, 0.25) is 0 Å². The topological polar surface area (TPSA) is 27.7 Å². The maximum absolute atomic E-state index is 5.61. The lowest BCUT2D eigenvalue weighted by Gasteiger charge is -2.26. The predicted octanol–water partition coefficient (Wildman–Crippen LogP) is 2.30. The van der Waals surface area contributed by atoms with Crippen LogP contribution in [-0.4, -0.2) is 35.3 Å². The minimum atomic E-state index is -2.34. The van der Waals surface area contributed by atoms with E-state index in [1.165, 1.54) is 0 Å². The molecule has 5 heteroatoms. The van der Waals surface area contributed by atoms with Crippen molar-refractivity contribution in [3.8, 4) is 0 Å². The quantitative estimate of drug-likeness (QED) is 0.480. The summed E-state index contributed by atoms with van der Waals surface area (Å²) in [6.07, 6.45) is 2.24. The van der Waals surface area contributed by atoms with Crippen LogP contribution in [-0.2, 0) is 13.3 Å². The Bertz CT molecular complexity index is 142. The van der Waals surface area contributed by atoms with Gasteiger partial charge in [0.1, 0.15) is 0 Å². The van der Waals surface area contributed by atoms with Crippen LogP contribution in [0.3, 0.4) is 0 Å². The number of hydrogen-bond donors (Lipinski definition) is 0. The van der Waals surface area contributed by atoms with Crippen LogP contribution < -0.4 is 0 Å². The van der Waals surface area contributed by atoms with E-state index >= 15 is 0 Å². The fourth-order valence-corrected chi connectivity index (χ4v) is 3.88. The Morgan fingerprint density at radius 1 is 1.21 bits per heavy atom. The van der Waals surface area contributed by atoms with Crippen LogP contribution in [0.5, 0.6) is 0 Å². The Morgan fingerprint density at radius 2 is 1.79 bits per heavy atom. The zero-order valence-corrected chi connectivity index (χ0v) is 11.9. The Balaban J connectivity index is 4.06. The van der Waals surface area contributed by atoms with E-state index in [1.807, 2.05) is 6.92 Å². The van der Waals surface area contributed by atoms with Crippen molar-refractivity contribution in [3.05, 3.63) is 0 Å². The zero-order chi connectivity index (χ0) is 11.0. The van der Waals surface area contributed by atoms with E-state index in [4.69, 9.17) is 13.3 Å². The van der Waals surface area contributed by atoms with Gasteiger partial charge in [0, 0.05) is 26.9 Å². The smallest absolute Gasteiger partial charge is 0.377 e. The molecule has 0 saturated carbocycles. The molecule has 0 radical (unpaired) electrons. The Hall–Kier alpha value is 0.527. The van der Waals surface area contributed by atoms with Crippen molar-refractivity contribution >= 4 is 18.0 Å². The summed E-state index contributed by atoms with van der Waals surface area (Å²) in [6.45, 7) is 4.81. The summed E-state index contributed by atoms with van der Waals surface area (Å²) in [5.74, 6) is 0. The number of rotatable bonds is 8. The standard InChI is InChI=1S/C9H23O3PSi/c1-5-9(13)7-8-14(10-3,11-4)12-6-2/h9H,5-8,13H2,1-4H3. The molecule has 0 fully saturated rings. The molecule has 0 aromatic carbocycles. The molecule has 14 heavy (non-hydrogen) atoms. The second-order valence-corrected chi connectivity index (χ2v) is 7.15. The van der Waals surface area contributed by atoms with E-state index in [2.05, 4.69) is 16.2 Å². The molecular weight excluding hydrogens is 215 g/mol. The van der Waals surface area contributed by atoms with Gasteiger partial charge in [0.15, 0.2) is 0 Å². The molecule has 0 aliphatic heterocycles. The van der Waals surface area contributed by atoms with Gasteiger partial charge in [-0.15, -0.1) is 9.24 Å². The lowest BCUT2D eigenvalue weighted by molar-refractivity contribution is 0.103. The zero-order valence-electron chi connectivity index (χ0n) is 9.71. The molecule has 2 atom stereocenters. The number of hydrogen-bond acceptors (Lipinski definition) is 3. The maximum Gasteiger partial charge on any atom is 0.500 e. The molecule has 3 nitrogen and oxygen atoms in total. The summed E-state index contributed by atoms with van der Waals surface area (Å²) in [6, 6.07) is 0.899. The predicted molar refractivity (Wildman–Crippen MR) is 64.6 cm³/mol. The van der Waals surface area contributed by atoms with Gasteiger partial charge in [0.05, 0.1) is 0 Å². The average Bonchev–Trinajstić information content (AvgIpc) is 2.24. The van der Waals surface area contributed by atoms with Gasteiger partial charge in [-0.1, -0.05) is 6.92 Å². The molecule has 0 amide bonds. The van der Waals surface area contributed by atoms with Gasteiger partial charge >= 0.3 is 8.80 Å². The SMILES string of the molecule is CCO[Si](CCC(P)CC)(OC)OC. The lowest BCUT2D eigenvalue weighted by atomic mass is 10.3. The van der Waals surface area contributed by atoms with Crippen LogP contribution in [0, 0.1) is 0 Å². The van der Waals surface area contributed by atoms with E-state index < -0.39 is 8.80 Å². The van der Waals surface area contributed by atoms with Gasteiger partial charge in [-0.25, -0.2) is 0 Å². The molecule has 0 spiro atoms. The van der Waals surface area contributed by atoms with Crippen molar-refractivity contribution in [1.82, 2.24) is 0 Å². The van der Waals surface area contributed by atoms with Gasteiger partial charge in [-0.05, 0) is 25.4 Å². The third-order valence-corrected chi connectivity index (χ3v) is 6.01. The highest BCUT2D eigenvalue weighted by Crippen LogP contribution is 2.21. The van der Waals surface area contributed by atoms with Crippen molar-refractivity contribution in [2.75, 3.05) is 20.8 Å². The molecule has 0 aromatic rings. The normalized spacial score (nSPS) is 14.4. The van der Waals surface area contributed by atoms with Gasteiger partial charge < -0.3 is 13.3 Å². The highest BCUT2D eigenvalue weighted by atomic mass is 31.0. The minimum Gasteiger partial charge on any atom is -0.377 e. The summed E-state index contributed by atoms with van der Waals surface area (Å²) >= 11 is 0. The minimum absolute atomic E-state index is 0.632. The molecule has 0 saturated heterocycles. The molecular formula is C9H23O3PSi. The summed E-state index contributed by atoms with van der Waals surface area (Å²) in [4.78, 5) is 0. The van der Waals surface area contributed by atoms with Crippen LogP contribution in [0.1, 0.15) is 26.7 Å². The monoisotopic (exact) mass is 238 g/mol. The molecule has 0 N–H and O–H groups in total. The molecule has 0 aromatic heterocycles.